The van der Waals surface area contributed by atoms with Crippen LogP contribution in [0.3, 0.4) is 0 Å². The van der Waals surface area contributed by atoms with Gasteiger partial charge in [0.1, 0.15) is 12.1 Å². The maximum Gasteiger partial charge on any atom is 0.573 e. The number of hydrogen-bond donors (Lipinski definition) is 1. The molecule has 1 fully saturated rings. The predicted molar refractivity (Wildman–Crippen MR) is 169 cm³/mol. The van der Waals surface area contributed by atoms with Crippen LogP contribution in [0.5, 0.6) is 5.75 Å². The number of aliphatic imine (C=N–C) groups is 1. The van der Waals surface area contributed by atoms with Gasteiger partial charge in [0.25, 0.3) is 0 Å². The van der Waals surface area contributed by atoms with Gasteiger partial charge in [0.2, 0.25) is 5.11 Å². The van der Waals surface area contributed by atoms with E-state index in [9.17, 15) is 13.2 Å². The van der Waals surface area contributed by atoms with Crippen molar-refractivity contribution in [3.8, 4) is 22.8 Å². The number of thioether (sulfide) groups is 1. The number of nitrogens with one attached hydrogen (secondary N) is 1. The number of anilines is 1. The van der Waals surface area contributed by atoms with Gasteiger partial charge in [-0.25, -0.2) is 9.67 Å². The van der Waals surface area contributed by atoms with E-state index in [1.165, 1.54) is 46.4 Å². The number of amidine groups is 1. The molecule has 0 aliphatic carbocycles. The molecule has 0 spiro atoms. The van der Waals surface area contributed by atoms with Crippen LogP contribution in [0.25, 0.3) is 17.1 Å². The van der Waals surface area contributed by atoms with Crippen LogP contribution in [0, 0.1) is 6.92 Å². The molecule has 13 heteroatoms. The molecule has 0 atom stereocenters. The molecule has 0 amide bonds. The summed E-state index contributed by atoms with van der Waals surface area (Å²) in [6, 6.07) is 19.3. The number of hydrogen-bond acceptors (Lipinski definition) is 6. The number of hydrazone groups is 1. The van der Waals surface area contributed by atoms with E-state index in [1.807, 2.05) is 24.3 Å². The lowest BCUT2D eigenvalue weighted by atomic mass is 9.98. The second kappa shape index (κ2) is 13.0. The van der Waals surface area contributed by atoms with Crippen molar-refractivity contribution in [2.75, 3.05) is 17.2 Å². The summed E-state index contributed by atoms with van der Waals surface area (Å²) in [5, 5.41) is 9.79. The minimum absolute atomic E-state index is 0.271. The zero-order chi connectivity index (χ0) is 30.6. The summed E-state index contributed by atoms with van der Waals surface area (Å²) in [5.74, 6) is 1.47. The van der Waals surface area contributed by atoms with E-state index in [2.05, 4.69) is 74.2 Å². The molecule has 0 saturated carbocycles. The quantitative estimate of drug-likeness (QED) is 0.134. The number of aryl methyl sites for hydroxylation is 1. The highest BCUT2D eigenvalue weighted by Gasteiger charge is 2.31. The molecule has 1 aliphatic heterocycles. The molecule has 2 heterocycles. The standard InChI is InChI=1S/C30H28F3N7OS2/c1-19(2)25-16-20(3)4-13-26(25)39-14-15-43-29(39)36-28(42)37-35-17-21-5-7-22(8-6-21)27-34-18-40(38-27)23-9-11-24(12-10-23)41-30(31,32)33/h4-13,16-19H,14-15H2,1-3H3,(H,37,42)/b35-17+,36-29?. The van der Waals surface area contributed by atoms with Gasteiger partial charge in [-0.2, -0.15) is 10.1 Å². The third kappa shape index (κ3) is 7.79. The molecule has 1 saturated heterocycles. The fraction of sp³-hybridized carbons (Fsp3) is 0.233. The van der Waals surface area contributed by atoms with Crippen molar-refractivity contribution in [1.82, 2.24) is 20.2 Å². The first-order chi connectivity index (χ1) is 20.6. The maximum absolute atomic E-state index is 12.4. The van der Waals surface area contributed by atoms with Gasteiger partial charge in [-0.15, -0.1) is 18.3 Å². The van der Waals surface area contributed by atoms with Crippen LogP contribution in [-0.2, 0) is 0 Å². The molecule has 4 aromatic rings. The van der Waals surface area contributed by atoms with Crippen LogP contribution >= 0.6 is 24.0 Å². The third-order valence-electron chi connectivity index (χ3n) is 6.44. The summed E-state index contributed by atoms with van der Waals surface area (Å²) < 4.78 is 42.6. The number of nitrogens with zero attached hydrogens (tertiary/aromatic N) is 6. The SMILES string of the molecule is Cc1ccc(N2CCSC2=NC(=S)N/N=C/c2ccc(-c3ncn(-c4ccc(OC(F)(F)F)cc4)n3)cc2)c(C(C)C)c1. The molecule has 1 N–H and O–H groups in total. The van der Waals surface area contributed by atoms with E-state index in [4.69, 9.17) is 12.2 Å². The van der Waals surface area contributed by atoms with E-state index in [1.54, 1.807) is 18.0 Å². The zero-order valence-electron chi connectivity index (χ0n) is 23.5. The van der Waals surface area contributed by atoms with E-state index < -0.39 is 6.36 Å². The lowest BCUT2D eigenvalue weighted by Crippen LogP contribution is -2.27. The molecule has 222 valence electrons. The minimum atomic E-state index is -4.74. The molecule has 1 aromatic heterocycles. The number of halogens is 3. The van der Waals surface area contributed by atoms with Gasteiger partial charge in [0.15, 0.2) is 11.0 Å². The van der Waals surface area contributed by atoms with Crippen molar-refractivity contribution < 1.29 is 17.9 Å². The Kier molecular flexibility index (Phi) is 9.11. The summed E-state index contributed by atoms with van der Waals surface area (Å²) >= 11 is 7.11. The zero-order valence-corrected chi connectivity index (χ0v) is 25.2. The van der Waals surface area contributed by atoms with Crippen molar-refractivity contribution in [2.45, 2.75) is 33.1 Å². The molecule has 1 aliphatic rings. The first-order valence-corrected chi connectivity index (χ1v) is 14.8. The number of aromatic nitrogens is 3. The summed E-state index contributed by atoms with van der Waals surface area (Å²) in [4.78, 5) is 11.1. The van der Waals surface area contributed by atoms with E-state index in [0.717, 1.165) is 34.3 Å². The Hall–Kier alpha value is -4.23. The summed E-state index contributed by atoms with van der Waals surface area (Å²) in [6.45, 7) is 7.35. The number of rotatable bonds is 7. The Balaban J connectivity index is 1.19. The molecule has 0 radical (unpaired) electrons. The van der Waals surface area contributed by atoms with Crippen molar-refractivity contribution in [3.63, 3.8) is 0 Å². The first kappa shape index (κ1) is 30.2. The molecule has 0 bridgehead atoms. The molecule has 43 heavy (non-hydrogen) atoms. The van der Waals surface area contributed by atoms with Gasteiger partial charge in [-0.05, 0) is 66.5 Å². The molecular weight excluding hydrogens is 596 g/mol. The molecule has 5 rings (SSSR count). The van der Waals surface area contributed by atoms with Crippen LogP contribution in [0.2, 0.25) is 0 Å². The topological polar surface area (TPSA) is 79.9 Å². The maximum atomic E-state index is 12.4. The number of ether oxygens (including phenoxy) is 1. The number of alkyl halides is 3. The Labute approximate surface area is 256 Å². The van der Waals surface area contributed by atoms with E-state index in [-0.39, 0.29) is 10.9 Å². The highest BCUT2D eigenvalue weighted by Crippen LogP contribution is 2.33. The summed E-state index contributed by atoms with van der Waals surface area (Å²) in [6.07, 6.45) is -1.61. The Morgan fingerprint density at radius 2 is 1.84 bits per heavy atom. The molecule has 0 unspecified atom stereocenters. The average molecular weight is 624 g/mol. The average Bonchev–Trinajstić information content (AvgIpc) is 3.63. The van der Waals surface area contributed by atoms with Crippen molar-refractivity contribution in [2.24, 2.45) is 10.1 Å². The second-order valence-corrected chi connectivity index (χ2v) is 11.4. The van der Waals surface area contributed by atoms with Crippen LogP contribution in [0.15, 0.2) is 83.2 Å². The van der Waals surface area contributed by atoms with Gasteiger partial charge >= 0.3 is 6.36 Å². The van der Waals surface area contributed by atoms with Crippen molar-refractivity contribution in [1.29, 1.82) is 0 Å². The fourth-order valence-electron chi connectivity index (χ4n) is 4.41. The predicted octanol–water partition coefficient (Wildman–Crippen LogP) is 7.08. The highest BCUT2D eigenvalue weighted by atomic mass is 32.2. The van der Waals surface area contributed by atoms with Crippen molar-refractivity contribution in [3.05, 3.63) is 89.7 Å². The van der Waals surface area contributed by atoms with Crippen LogP contribution in [0.4, 0.5) is 18.9 Å². The van der Waals surface area contributed by atoms with Gasteiger partial charge < -0.3 is 9.64 Å². The highest BCUT2D eigenvalue weighted by molar-refractivity contribution is 8.14. The molecule has 8 nitrogen and oxygen atoms in total. The second-order valence-electron chi connectivity index (χ2n) is 9.96. The van der Waals surface area contributed by atoms with E-state index in [0.29, 0.717) is 17.4 Å². The normalized spacial score (nSPS) is 14.7. The van der Waals surface area contributed by atoms with Crippen LogP contribution in [-0.4, -0.2) is 49.9 Å². The smallest absolute Gasteiger partial charge is 0.406 e. The van der Waals surface area contributed by atoms with E-state index >= 15 is 0 Å². The minimum Gasteiger partial charge on any atom is -0.406 e. The lowest BCUT2D eigenvalue weighted by molar-refractivity contribution is -0.274. The largest absolute Gasteiger partial charge is 0.573 e. The van der Waals surface area contributed by atoms with Gasteiger partial charge in [0.05, 0.1) is 11.9 Å². The Bertz CT molecular complexity index is 1650. The molecular formula is C30H28F3N7OS2. The molecule has 3 aromatic carbocycles. The summed E-state index contributed by atoms with van der Waals surface area (Å²) in [5.41, 5.74) is 8.63. The summed E-state index contributed by atoms with van der Waals surface area (Å²) in [7, 11) is 0. The van der Waals surface area contributed by atoms with Crippen molar-refractivity contribution >= 4 is 46.2 Å². The number of thiocarbonyl (C=S) groups is 1. The fourth-order valence-corrected chi connectivity index (χ4v) is 5.57. The number of benzene rings is 3. The van der Waals surface area contributed by atoms with Gasteiger partial charge in [-0.1, -0.05) is 67.6 Å². The third-order valence-corrected chi connectivity index (χ3v) is 7.58. The van der Waals surface area contributed by atoms with Gasteiger partial charge in [0, 0.05) is 23.5 Å². The first-order valence-electron chi connectivity index (χ1n) is 13.4. The van der Waals surface area contributed by atoms with Gasteiger partial charge in [-0.3, -0.25) is 5.43 Å². The monoisotopic (exact) mass is 623 g/mol. The Morgan fingerprint density at radius 3 is 2.53 bits per heavy atom. The lowest BCUT2D eigenvalue weighted by Gasteiger charge is -2.23. The Morgan fingerprint density at radius 1 is 1.09 bits per heavy atom. The van der Waals surface area contributed by atoms with Crippen LogP contribution in [0.1, 0.15) is 36.5 Å². The van der Waals surface area contributed by atoms with Crippen LogP contribution < -0.4 is 15.1 Å².